The fourth-order valence-electron chi connectivity index (χ4n) is 1.72. The van der Waals surface area contributed by atoms with Crippen LogP contribution in [0, 0.1) is 0 Å². The van der Waals surface area contributed by atoms with Crippen LogP contribution in [0.5, 0.6) is 0 Å². The van der Waals surface area contributed by atoms with Crippen molar-refractivity contribution in [1.29, 1.82) is 0 Å². The van der Waals surface area contributed by atoms with Gasteiger partial charge in [-0.3, -0.25) is 9.59 Å². The fraction of sp³-hybridized carbons (Fsp3) is 0.143. The number of hydrogen-bond donors (Lipinski definition) is 3. The first-order chi connectivity index (χ1) is 9.20. The van der Waals surface area contributed by atoms with Crippen LogP contribution in [0.2, 0.25) is 0 Å². The van der Waals surface area contributed by atoms with E-state index < -0.39 is 11.8 Å². The van der Waals surface area contributed by atoms with Crippen LogP contribution in [0.25, 0.3) is 10.8 Å². The van der Waals surface area contributed by atoms with Crippen molar-refractivity contribution >= 4 is 28.3 Å². The maximum Gasteiger partial charge on any atom is 0.313 e. The molecule has 0 unspecified atom stereocenters. The minimum atomic E-state index is -0.691. The van der Waals surface area contributed by atoms with Gasteiger partial charge in [0.15, 0.2) is 0 Å². The van der Waals surface area contributed by atoms with Gasteiger partial charge >= 0.3 is 11.8 Å². The molecule has 0 heterocycles. The Labute approximate surface area is 110 Å². The summed E-state index contributed by atoms with van der Waals surface area (Å²) in [6, 6.07) is 13.3. The lowest BCUT2D eigenvalue weighted by Crippen LogP contribution is -2.37. The monoisotopic (exact) mass is 257 g/mol. The van der Waals surface area contributed by atoms with E-state index in [-0.39, 0.29) is 6.54 Å². The molecule has 98 valence electrons. The van der Waals surface area contributed by atoms with E-state index in [4.69, 9.17) is 5.73 Å². The second-order valence-electron chi connectivity index (χ2n) is 4.06. The van der Waals surface area contributed by atoms with Gasteiger partial charge in [-0.2, -0.15) is 0 Å². The zero-order chi connectivity index (χ0) is 13.7. The summed E-state index contributed by atoms with van der Waals surface area (Å²) in [6.07, 6.45) is 0. The van der Waals surface area contributed by atoms with Crippen molar-refractivity contribution in [2.75, 3.05) is 18.4 Å². The predicted molar refractivity (Wildman–Crippen MR) is 74.6 cm³/mol. The van der Waals surface area contributed by atoms with E-state index >= 15 is 0 Å². The number of anilines is 1. The molecule has 0 fully saturated rings. The Morgan fingerprint density at radius 1 is 1.00 bits per heavy atom. The fourth-order valence-corrected chi connectivity index (χ4v) is 1.72. The molecule has 4 N–H and O–H groups in total. The molecule has 0 aliphatic heterocycles. The van der Waals surface area contributed by atoms with Crippen LogP contribution in [0.15, 0.2) is 42.5 Å². The molecule has 19 heavy (non-hydrogen) atoms. The average molecular weight is 257 g/mol. The van der Waals surface area contributed by atoms with E-state index in [2.05, 4.69) is 10.6 Å². The topological polar surface area (TPSA) is 84.2 Å². The van der Waals surface area contributed by atoms with Crippen molar-refractivity contribution in [2.45, 2.75) is 0 Å². The number of benzene rings is 2. The van der Waals surface area contributed by atoms with Crippen LogP contribution in [-0.2, 0) is 9.59 Å². The molecular weight excluding hydrogens is 242 g/mol. The highest BCUT2D eigenvalue weighted by Crippen LogP contribution is 2.18. The molecule has 0 bridgehead atoms. The summed E-state index contributed by atoms with van der Waals surface area (Å²) in [5, 5.41) is 7.04. The Balaban J connectivity index is 2.08. The maximum atomic E-state index is 11.6. The van der Waals surface area contributed by atoms with Gasteiger partial charge < -0.3 is 16.4 Å². The smallest absolute Gasteiger partial charge is 0.313 e. The molecule has 5 nitrogen and oxygen atoms in total. The number of rotatable bonds is 3. The molecule has 2 aromatic carbocycles. The van der Waals surface area contributed by atoms with Gasteiger partial charge in [0.1, 0.15) is 0 Å². The minimum absolute atomic E-state index is 0.282. The Morgan fingerprint density at radius 2 is 1.74 bits per heavy atom. The SMILES string of the molecule is NCCNC(=O)C(=O)Nc1ccc2ccccc2c1. The Bertz CT molecular complexity index is 610. The van der Waals surface area contributed by atoms with Crippen LogP contribution in [0.4, 0.5) is 5.69 Å². The van der Waals surface area contributed by atoms with Crippen LogP contribution >= 0.6 is 0 Å². The zero-order valence-corrected chi connectivity index (χ0v) is 10.3. The summed E-state index contributed by atoms with van der Waals surface area (Å²) in [7, 11) is 0. The third-order valence-electron chi connectivity index (χ3n) is 2.64. The Hall–Kier alpha value is -2.40. The van der Waals surface area contributed by atoms with E-state index in [1.807, 2.05) is 36.4 Å². The second kappa shape index (κ2) is 5.97. The zero-order valence-electron chi connectivity index (χ0n) is 10.3. The van der Waals surface area contributed by atoms with E-state index in [1.54, 1.807) is 6.07 Å². The number of fused-ring (bicyclic) bond motifs is 1. The normalized spacial score (nSPS) is 10.2. The molecule has 2 aromatic rings. The van der Waals surface area contributed by atoms with Gasteiger partial charge in [-0.05, 0) is 22.9 Å². The lowest BCUT2D eigenvalue weighted by atomic mass is 10.1. The molecule has 0 spiro atoms. The molecule has 0 aliphatic carbocycles. The molecular formula is C14H15N3O2. The number of hydrogen-bond acceptors (Lipinski definition) is 3. The first-order valence-electron chi connectivity index (χ1n) is 5.99. The standard InChI is InChI=1S/C14H15N3O2/c15-7-8-16-13(18)14(19)17-12-6-5-10-3-1-2-4-11(10)9-12/h1-6,9H,7-8,15H2,(H,16,18)(H,17,19). The van der Waals surface area contributed by atoms with Gasteiger partial charge in [-0.25, -0.2) is 0 Å². The van der Waals surface area contributed by atoms with E-state index in [9.17, 15) is 9.59 Å². The number of carbonyl (C=O) groups excluding carboxylic acids is 2. The van der Waals surface area contributed by atoms with Gasteiger partial charge in [0.25, 0.3) is 0 Å². The Kier molecular flexibility index (Phi) is 4.10. The molecule has 0 aromatic heterocycles. The second-order valence-corrected chi connectivity index (χ2v) is 4.06. The lowest BCUT2D eigenvalue weighted by molar-refractivity contribution is -0.136. The summed E-state index contributed by atoms with van der Waals surface area (Å²) in [6.45, 7) is 0.582. The van der Waals surface area contributed by atoms with Gasteiger partial charge in [0.05, 0.1) is 0 Å². The van der Waals surface area contributed by atoms with Crippen molar-refractivity contribution in [3.05, 3.63) is 42.5 Å². The number of amides is 2. The van der Waals surface area contributed by atoms with Crippen LogP contribution in [-0.4, -0.2) is 24.9 Å². The number of nitrogens with two attached hydrogens (primary N) is 1. The third-order valence-corrected chi connectivity index (χ3v) is 2.64. The van der Waals surface area contributed by atoms with Gasteiger partial charge in [-0.15, -0.1) is 0 Å². The molecule has 2 amide bonds. The lowest BCUT2D eigenvalue weighted by Gasteiger charge is -2.06. The Morgan fingerprint density at radius 3 is 2.47 bits per heavy atom. The van der Waals surface area contributed by atoms with Crippen molar-refractivity contribution in [2.24, 2.45) is 5.73 Å². The number of carbonyl (C=O) groups is 2. The van der Waals surface area contributed by atoms with E-state index in [0.717, 1.165) is 10.8 Å². The van der Waals surface area contributed by atoms with Crippen LogP contribution in [0.3, 0.4) is 0 Å². The first kappa shape index (κ1) is 13.0. The summed E-state index contributed by atoms with van der Waals surface area (Å²) >= 11 is 0. The average Bonchev–Trinajstić information content (AvgIpc) is 2.44. The largest absolute Gasteiger partial charge is 0.347 e. The van der Waals surface area contributed by atoms with Crippen molar-refractivity contribution in [3.8, 4) is 0 Å². The number of nitrogens with one attached hydrogen (secondary N) is 2. The van der Waals surface area contributed by atoms with E-state index in [1.165, 1.54) is 0 Å². The van der Waals surface area contributed by atoms with Gasteiger partial charge in [-0.1, -0.05) is 30.3 Å². The van der Waals surface area contributed by atoms with Gasteiger partial charge in [0, 0.05) is 18.8 Å². The molecule has 0 aliphatic rings. The summed E-state index contributed by atoms with van der Waals surface area (Å²) in [5.74, 6) is -1.37. The highest BCUT2D eigenvalue weighted by atomic mass is 16.2. The summed E-state index contributed by atoms with van der Waals surface area (Å²) in [5.41, 5.74) is 5.83. The van der Waals surface area contributed by atoms with Gasteiger partial charge in [0.2, 0.25) is 0 Å². The molecule has 2 rings (SSSR count). The van der Waals surface area contributed by atoms with Crippen molar-refractivity contribution in [3.63, 3.8) is 0 Å². The minimum Gasteiger partial charge on any atom is -0.347 e. The van der Waals surface area contributed by atoms with Crippen molar-refractivity contribution in [1.82, 2.24) is 5.32 Å². The molecule has 0 radical (unpaired) electrons. The molecule has 0 atom stereocenters. The molecule has 0 saturated heterocycles. The predicted octanol–water partition coefficient (Wildman–Crippen LogP) is 0.853. The molecule has 0 saturated carbocycles. The van der Waals surface area contributed by atoms with Crippen LogP contribution < -0.4 is 16.4 Å². The van der Waals surface area contributed by atoms with E-state index in [0.29, 0.717) is 12.2 Å². The highest BCUT2D eigenvalue weighted by molar-refractivity contribution is 6.39. The van der Waals surface area contributed by atoms with Crippen LogP contribution in [0.1, 0.15) is 0 Å². The summed E-state index contributed by atoms with van der Waals surface area (Å²) < 4.78 is 0. The third kappa shape index (κ3) is 3.29. The molecule has 5 heteroatoms. The van der Waals surface area contributed by atoms with Crippen molar-refractivity contribution < 1.29 is 9.59 Å². The maximum absolute atomic E-state index is 11.6. The highest BCUT2D eigenvalue weighted by Gasteiger charge is 2.12. The summed E-state index contributed by atoms with van der Waals surface area (Å²) in [4.78, 5) is 23.0. The first-order valence-corrected chi connectivity index (χ1v) is 5.99. The quantitative estimate of drug-likeness (QED) is 0.713.